The SMILES string of the molecule is CCNC(=NCc1ccc(C)cc1OC1CCCC1)NCc1ccn[nH]1.I. The molecule has 6 nitrogen and oxygen atoms in total. The van der Waals surface area contributed by atoms with Crippen LogP contribution in [-0.2, 0) is 13.1 Å². The van der Waals surface area contributed by atoms with E-state index in [9.17, 15) is 0 Å². The molecular weight excluding hydrogens is 453 g/mol. The number of benzene rings is 1. The van der Waals surface area contributed by atoms with E-state index < -0.39 is 0 Å². The average molecular weight is 483 g/mol. The van der Waals surface area contributed by atoms with E-state index >= 15 is 0 Å². The Kier molecular flexibility index (Phi) is 8.90. The predicted molar refractivity (Wildman–Crippen MR) is 120 cm³/mol. The van der Waals surface area contributed by atoms with Crippen LogP contribution >= 0.6 is 24.0 Å². The normalized spacial score (nSPS) is 14.7. The summed E-state index contributed by atoms with van der Waals surface area (Å²) in [4.78, 5) is 4.73. The monoisotopic (exact) mass is 483 g/mol. The Balaban J connectivity index is 0.00000261. The van der Waals surface area contributed by atoms with Gasteiger partial charge in [0.15, 0.2) is 5.96 Å². The molecule has 1 heterocycles. The van der Waals surface area contributed by atoms with Crippen LogP contribution in [0.25, 0.3) is 0 Å². The number of guanidine groups is 1. The molecule has 0 radical (unpaired) electrons. The van der Waals surface area contributed by atoms with Crippen molar-refractivity contribution in [3.05, 3.63) is 47.3 Å². The van der Waals surface area contributed by atoms with E-state index in [2.05, 4.69) is 52.9 Å². The summed E-state index contributed by atoms with van der Waals surface area (Å²) < 4.78 is 6.28. The highest BCUT2D eigenvalue weighted by molar-refractivity contribution is 14.0. The minimum Gasteiger partial charge on any atom is -0.490 e. The fourth-order valence-corrected chi connectivity index (χ4v) is 3.16. The molecule has 1 aromatic carbocycles. The van der Waals surface area contributed by atoms with Gasteiger partial charge in [0, 0.05) is 18.3 Å². The van der Waals surface area contributed by atoms with Crippen LogP contribution in [0.4, 0.5) is 0 Å². The Morgan fingerprint density at radius 2 is 2.07 bits per heavy atom. The van der Waals surface area contributed by atoms with Crippen LogP contribution in [0.2, 0.25) is 0 Å². The van der Waals surface area contributed by atoms with Gasteiger partial charge in [-0.25, -0.2) is 4.99 Å². The lowest BCUT2D eigenvalue weighted by Crippen LogP contribution is -2.36. The highest BCUT2D eigenvalue weighted by Gasteiger charge is 2.18. The van der Waals surface area contributed by atoms with Crippen molar-refractivity contribution in [2.45, 2.75) is 58.7 Å². The van der Waals surface area contributed by atoms with Crippen molar-refractivity contribution in [1.29, 1.82) is 0 Å². The van der Waals surface area contributed by atoms with E-state index in [4.69, 9.17) is 9.73 Å². The van der Waals surface area contributed by atoms with Gasteiger partial charge in [-0.2, -0.15) is 5.10 Å². The van der Waals surface area contributed by atoms with Gasteiger partial charge in [-0.05, 0) is 57.2 Å². The zero-order valence-electron chi connectivity index (χ0n) is 16.1. The lowest BCUT2D eigenvalue weighted by Gasteiger charge is -2.17. The Labute approximate surface area is 178 Å². The van der Waals surface area contributed by atoms with Gasteiger partial charge < -0.3 is 15.4 Å². The smallest absolute Gasteiger partial charge is 0.191 e. The van der Waals surface area contributed by atoms with Crippen LogP contribution in [0.5, 0.6) is 5.75 Å². The van der Waals surface area contributed by atoms with Gasteiger partial charge in [0.2, 0.25) is 0 Å². The average Bonchev–Trinajstić information content (AvgIpc) is 3.32. The summed E-state index contributed by atoms with van der Waals surface area (Å²) >= 11 is 0. The summed E-state index contributed by atoms with van der Waals surface area (Å²) in [6.45, 7) is 6.22. The van der Waals surface area contributed by atoms with Crippen LogP contribution in [0.15, 0.2) is 35.5 Å². The second-order valence-corrected chi connectivity index (χ2v) is 6.77. The molecule has 27 heavy (non-hydrogen) atoms. The van der Waals surface area contributed by atoms with E-state index in [1.165, 1.54) is 18.4 Å². The highest BCUT2D eigenvalue weighted by Crippen LogP contribution is 2.28. The molecule has 1 saturated carbocycles. The first-order valence-corrected chi connectivity index (χ1v) is 9.51. The maximum Gasteiger partial charge on any atom is 0.191 e. The van der Waals surface area contributed by atoms with Gasteiger partial charge in [-0.3, -0.25) is 5.10 Å². The number of halogens is 1. The summed E-state index contributed by atoms with van der Waals surface area (Å²) in [6.07, 6.45) is 6.96. The molecule has 1 fully saturated rings. The molecule has 0 atom stereocenters. The molecule has 0 spiro atoms. The summed E-state index contributed by atoms with van der Waals surface area (Å²) in [6, 6.07) is 8.33. The third kappa shape index (κ3) is 6.71. The summed E-state index contributed by atoms with van der Waals surface area (Å²) in [7, 11) is 0. The third-order valence-corrected chi connectivity index (χ3v) is 4.57. The number of aliphatic imine (C=N–C) groups is 1. The van der Waals surface area contributed by atoms with Crippen molar-refractivity contribution >= 4 is 29.9 Å². The number of hydrogen-bond acceptors (Lipinski definition) is 3. The Bertz CT molecular complexity index is 711. The standard InChI is InChI=1S/C20H29N5O.HI/c1-3-21-20(23-14-17-10-11-24-25-17)22-13-16-9-8-15(2)12-19(16)26-18-6-4-5-7-18;/h8-12,18H,3-7,13-14H2,1-2H3,(H,24,25)(H2,21,22,23);1H. The van der Waals surface area contributed by atoms with E-state index in [0.29, 0.717) is 19.2 Å². The molecule has 148 valence electrons. The maximum absolute atomic E-state index is 6.28. The number of H-pyrrole nitrogens is 1. The molecule has 3 N–H and O–H groups in total. The lowest BCUT2D eigenvalue weighted by atomic mass is 10.1. The molecule has 2 aromatic rings. The second-order valence-electron chi connectivity index (χ2n) is 6.77. The molecule has 0 bridgehead atoms. The number of nitrogens with one attached hydrogen (secondary N) is 3. The fourth-order valence-electron chi connectivity index (χ4n) is 3.16. The van der Waals surface area contributed by atoms with Crippen LogP contribution in [-0.4, -0.2) is 28.8 Å². The fraction of sp³-hybridized carbons (Fsp3) is 0.500. The Hall–Kier alpha value is -1.77. The lowest BCUT2D eigenvalue weighted by molar-refractivity contribution is 0.208. The first-order valence-electron chi connectivity index (χ1n) is 9.51. The number of hydrogen-bond donors (Lipinski definition) is 3. The first kappa shape index (κ1) is 21.5. The molecule has 0 saturated heterocycles. The van der Waals surface area contributed by atoms with Crippen LogP contribution in [0.1, 0.15) is 49.4 Å². The highest BCUT2D eigenvalue weighted by atomic mass is 127. The third-order valence-electron chi connectivity index (χ3n) is 4.57. The van der Waals surface area contributed by atoms with Crippen LogP contribution in [0, 0.1) is 6.92 Å². The van der Waals surface area contributed by atoms with E-state index in [1.54, 1.807) is 6.20 Å². The predicted octanol–water partition coefficient (Wildman–Crippen LogP) is 3.91. The topological polar surface area (TPSA) is 74.3 Å². The first-order chi connectivity index (χ1) is 12.7. The van der Waals surface area contributed by atoms with E-state index in [1.807, 2.05) is 6.07 Å². The number of aromatic nitrogens is 2. The zero-order valence-corrected chi connectivity index (χ0v) is 18.5. The summed E-state index contributed by atoms with van der Waals surface area (Å²) in [5.74, 6) is 1.76. The largest absolute Gasteiger partial charge is 0.490 e. The van der Waals surface area contributed by atoms with Gasteiger partial charge in [0.1, 0.15) is 5.75 Å². The van der Waals surface area contributed by atoms with Gasteiger partial charge in [-0.1, -0.05) is 12.1 Å². The zero-order chi connectivity index (χ0) is 18.2. The van der Waals surface area contributed by atoms with Crippen LogP contribution in [0.3, 0.4) is 0 Å². The van der Waals surface area contributed by atoms with Crippen molar-refractivity contribution in [2.24, 2.45) is 4.99 Å². The number of rotatable bonds is 7. The van der Waals surface area contributed by atoms with Crippen molar-refractivity contribution in [1.82, 2.24) is 20.8 Å². The van der Waals surface area contributed by atoms with Gasteiger partial charge >= 0.3 is 0 Å². The number of aromatic amines is 1. The number of ether oxygens (including phenoxy) is 1. The van der Waals surface area contributed by atoms with E-state index in [-0.39, 0.29) is 24.0 Å². The van der Waals surface area contributed by atoms with Crippen molar-refractivity contribution < 1.29 is 4.74 Å². The van der Waals surface area contributed by atoms with Gasteiger partial charge in [0.25, 0.3) is 0 Å². The van der Waals surface area contributed by atoms with Crippen LogP contribution < -0.4 is 15.4 Å². The summed E-state index contributed by atoms with van der Waals surface area (Å²) in [5, 5.41) is 13.5. The minimum absolute atomic E-state index is 0. The van der Waals surface area contributed by atoms with Crippen molar-refractivity contribution in [3.8, 4) is 5.75 Å². The second kappa shape index (κ2) is 11.2. The Morgan fingerprint density at radius 3 is 2.78 bits per heavy atom. The molecule has 7 heteroatoms. The van der Waals surface area contributed by atoms with Gasteiger partial charge in [-0.15, -0.1) is 24.0 Å². The quantitative estimate of drug-likeness (QED) is 0.317. The summed E-state index contributed by atoms with van der Waals surface area (Å²) in [5.41, 5.74) is 3.37. The van der Waals surface area contributed by atoms with Gasteiger partial charge in [0.05, 0.1) is 24.9 Å². The molecule has 1 aromatic heterocycles. The molecule has 0 unspecified atom stereocenters. The number of aryl methyl sites for hydroxylation is 1. The molecule has 1 aliphatic rings. The van der Waals surface area contributed by atoms with Crippen molar-refractivity contribution in [2.75, 3.05) is 6.54 Å². The molecule has 0 aliphatic heterocycles. The minimum atomic E-state index is 0. The maximum atomic E-state index is 6.28. The van der Waals surface area contributed by atoms with Crippen molar-refractivity contribution in [3.63, 3.8) is 0 Å². The molecular formula is C20H30IN5O. The molecule has 3 rings (SSSR count). The molecule has 1 aliphatic carbocycles. The number of nitrogens with zero attached hydrogens (tertiary/aromatic N) is 2. The molecule has 0 amide bonds. The van der Waals surface area contributed by atoms with E-state index in [0.717, 1.165) is 42.4 Å². The Morgan fingerprint density at radius 1 is 1.26 bits per heavy atom.